The Morgan fingerprint density at radius 1 is 1.55 bits per heavy atom. The minimum atomic E-state index is -1.54. The number of carbonyl (C=O) groups is 1. The Bertz CT molecular complexity index is 173. The molecular weight excluding hydrogens is 145 g/mol. The fourth-order valence-corrected chi connectivity index (χ4v) is 1.19. The Balaban J connectivity index is 2.44. The van der Waals surface area contributed by atoms with Gasteiger partial charge >= 0.3 is 0 Å². The van der Waals surface area contributed by atoms with Gasteiger partial charge in [-0.2, -0.15) is 0 Å². The van der Waals surface area contributed by atoms with Crippen LogP contribution in [0.25, 0.3) is 0 Å². The SMILES string of the molecule is CC(=O)C1(F)CN(C(C)C)C1. The van der Waals surface area contributed by atoms with Gasteiger partial charge in [0, 0.05) is 19.1 Å². The minimum Gasteiger partial charge on any atom is -0.296 e. The lowest BCUT2D eigenvalue weighted by atomic mass is 9.91. The molecule has 0 aliphatic carbocycles. The molecule has 0 aromatic rings. The highest BCUT2D eigenvalue weighted by molar-refractivity contribution is 5.86. The molecular formula is C8H14FNO. The predicted octanol–water partition coefficient (Wildman–Crippen LogP) is 1.01. The van der Waals surface area contributed by atoms with E-state index in [2.05, 4.69) is 0 Å². The largest absolute Gasteiger partial charge is 0.296 e. The second kappa shape index (κ2) is 2.55. The molecule has 0 amide bonds. The van der Waals surface area contributed by atoms with Crippen molar-refractivity contribution in [1.82, 2.24) is 4.90 Å². The van der Waals surface area contributed by atoms with Crippen molar-refractivity contribution in [3.63, 3.8) is 0 Å². The second-order valence-corrected chi connectivity index (χ2v) is 3.52. The molecule has 0 atom stereocenters. The van der Waals surface area contributed by atoms with Crippen LogP contribution in [0.15, 0.2) is 0 Å². The van der Waals surface area contributed by atoms with Gasteiger partial charge in [0.05, 0.1) is 0 Å². The highest BCUT2D eigenvalue weighted by Gasteiger charge is 2.48. The van der Waals surface area contributed by atoms with E-state index in [1.807, 2.05) is 18.7 Å². The van der Waals surface area contributed by atoms with Gasteiger partial charge in [-0.25, -0.2) is 4.39 Å². The minimum absolute atomic E-state index is 0.278. The van der Waals surface area contributed by atoms with Crippen LogP contribution in [0.5, 0.6) is 0 Å². The third-order valence-electron chi connectivity index (χ3n) is 2.27. The summed E-state index contributed by atoms with van der Waals surface area (Å²) in [6.45, 7) is 5.87. The molecule has 2 nitrogen and oxygen atoms in total. The fourth-order valence-electron chi connectivity index (χ4n) is 1.19. The number of Topliss-reactive ketones (excluding diaryl/α,β-unsaturated/α-hetero) is 1. The first-order chi connectivity index (χ1) is 4.96. The first-order valence-corrected chi connectivity index (χ1v) is 3.90. The molecule has 64 valence electrons. The summed E-state index contributed by atoms with van der Waals surface area (Å²) in [4.78, 5) is 12.7. The van der Waals surface area contributed by atoms with Crippen molar-refractivity contribution in [3.05, 3.63) is 0 Å². The van der Waals surface area contributed by atoms with Gasteiger partial charge in [-0.05, 0) is 20.8 Å². The summed E-state index contributed by atoms with van der Waals surface area (Å²) < 4.78 is 13.2. The van der Waals surface area contributed by atoms with E-state index in [-0.39, 0.29) is 18.9 Å². The van der Waals surface area contributed by atoms with E-state index < -0.39 is 5.67 Å². The van der Waals surface area contributed by atoms with Gasteiger partial charge in [-0.15, -0.1) is 0 Å². The lowest BCUT2D eigenvalue weighted by molar-refractivity contribution is -0.142. The third kappa shape index (κ3) is 1.43. The normalized spacial score (nSPS) is 23.4. The third-order valence-corrected chi connectivity index (χ3v) is 2.27. The van der Waals surface area contributed by atoms with Crippen molar-refractivity contribution in [2.75, 3.05) is 13.1 Å². The highest BCUT2D eigenvalue weighted by atomic mass is 19.1. The Hall–Kier alpha value is -0.440. The van der Waals surface area contributed by atoms with Crippen molar-refractivity contribution in [2.45, 2.75) is 32.5 Å². The molecule has 0 spiro atoms. The maximum absolute atomic E-state index is 13.2. The number of hydrogen-bond donors (Lipinski definition) is 0. The van der Waals surface area contributed by atoms with Crippen molar-refractivity contribution in [3.8, 4) is 0 Å². The molecule has 0 saturated carbocycles. The topological polar surface area (TPSA) is 20.3 Å². The van der Waals surface area contributed by atoms with E-state index in [9.17, 15) is 9.18 Å². The lowest BCUT2D eigenvalue weighted by Gasteiger charge is -2.45. The first-order valence-electron chi connectivity index (χ1n) is 3.90. The van der Waals surface area contributed by atoms with Gasteiger partial charge in [-0.3, -0.25) is 9.69 Å². The monoisotopic (exact) mass is 159 g/mol. The molecule has 1 rings (SSSR count). The summed E-state index contributed by atoms with van der Waals surface area (Å²) in [7, 11) is 0. The number of ketones is 1. The lowest BCUT2D eigenvalue weighted by Crippen LogP contribution is -2.64. The van der Waals surface area contributed by atoms with E-state index in [4.69, 9.17) is 0 Å². The number of hydrogen-bond acceptors (Lipinski definition) is 2. The number of alkyl halides is 1. The van der Waals surface area contributed by atoms with Gasteiger partial charge in [0.25, 0.3) is 0 Å². The molecule has 1 aliphatic rings. The van der Waals surface area contributed by atoms with E-state index >= 15 is 0 Å². The molecule has 1 saturated heterocycles. The second-order valence-electron chi connectivity index (χ2n) is 3.52. The summed E-state index contributed by atoms with van der Waals surface area (Å²) in [5.74, 6) is -0.339. The molecule has 0 N–H and O–H groups in total. The van der Waals surface area contributed by atoms with E-state index in [1.54, 1.807) is 0 Å². The van der Waals surface area contributed by atoms with Gasteiger partial charge in [-0.1, -0.05) is 0 Å². The van der Waals surface area contributed by atoms with Crippen LogP contribution in [0.3, 0.4) is 0 Å². The summed E-state index contributed by atoms with van der Waals surface area (Å²) in [5, 5.41) is 0. The molecule has 0 aromatic carbocycles. The number of halogens is 1. The quantitative estimate of drug-likeness (QED) is 0.599. The number of likely N-dealkylation sites (tertiary alicyclic amines) is 1. The van der Waals surface area contributed by atoms with Crippen LogP contribution in [0.2, 0.25) is 0 Å². The Labute approximate surface area is 66.4 Å². The van der Waals surface area contributed by atoms with E-state index in [0.717, 1.165) is 0 Å². The Kier molecular flexibility index (Phi) is 2.01. The van der Waals surface area contributed by atoms with Gasteiger partial charge in [0.1, 0.15) is 0 Å². The highest BCUT2D eigenvalue weighted by Crippen LogP contribution is 2.27. The van der Waals surface area contributed by atoms with Crippen molar-refractivity contribution in [2.24, 2.45) is 0 Å². The zero-order valence-electron chi connectivity index (χ0n) is 7.22. The summed E-state index contributed by atoms with van der Waals surface area (Å²) in [6.07, 6.45) is 0. The summed E-state index contributed by atoms with van der Waals surface area (Å²) in [5.41, 5.74) is -1.54. The van der Waals surface area contributed by atoms with E-state index in [1.165, 1.54) is 6.92 Å². The summed E-state index contributed by atoms with van der Waals surface area (Å²) >= 11 is 0. The average Bonchev–Trinajstić information content (AvgIpc) is 1.79. The molecule has 0 unspecified atom stereocenters. The fraction of sp³-hybridized carbons (Fsp3) is 0.875. The van der Waals surface area contributed by atoms with Crippen molar-refractivity contribution >= 4 is 5.78 Å². The molecule has 0 bridgehead atoms. The number of carbonyl (C=O) groups excluding carboxylic acids is 1. The Morgan fingerprint density at radius 2 is 2.00 bits per heavy atom. The maximum Gasteiger partial charge on any atom is 0.193 e. The standard InChI is InChI=1S/C8H14FNO/c1-6(2)10-4-8(9,5-10)7(3)11/h6H,4-5H2,1-3H3. The van der Waals surface area contributed by atoms with Crippen LogP contribution in [-0.2, 0) is 4.79 Å². The molecule has 0 radical (unpaired) electrons. The van der Waals surface area contributed by atoms with Gasteiger partial charge in [0.15, 0.2) is 11.5 Å². The van der Waals surface area contributed by atoms with Crippen LogP contribution in [0.4, 0.5) is 4.39 Å². The number of rotatable bonds is 2. The average molecular weight is 159 g/mol. The van der Waals surface area contributed by atoms with Crippen LogP contribution in [-0.4, -0.2) is 35.5 Å². The van der Waals surface area contributed by atoms with Crippen LogP contribution in [0.1, 0.15) is 20.8 Å². The van der Waals surface area contributed by atoms with Crippen LogP contribution < -0.4 is 0 Å². The van der Waals surface area contributed by atoms with Gasteiger partial charge < -0.3 is 0 Å². The van der Waals surface area contributed by atoms with E-state index in [0.29, 0.717) is 6.04 Å². The van der Waals surface area contributed by atoms with Crippen LogP contribution in [0, 0.1) is 0 Å². The van der Waals surface area contributed by atoms with Gasteiger partial charge in [0.2, 0.25) is 0 Å². The molecule has 1 aliphatic heterocycles. The van der Waals surface area contributed by atoms with Crippen LogP contribution >= 0.6 is 0 Å². The molecule has 0 aromatic heterocycles. The maximum atomic E-state index is 13.2. The zero-order chi connectivity index (χ0) is 8.65. The number of nitrogens with zero attached hydrogens (tertiary/aromatic N) is 1. The molecule has 3 heteroatoms. The molecule has 11 heavy (non-hydrogen) atoms. The zero-order valence-corrected chi connectivity index (χ0v) is 7.22. The first kappa shape index (κ1) is 8.65. The smallest absolute Gasteiger partial charge is 0.193 e. The Morgan fingerprint density at radius 3 is 2.27 bits per heavy atom. The molecule has 1 heterocycles. The summed E-state index contributed by atoms with van der Waals surface area (Å²) in [6, 6.07) is 0.346. The van der Waals surface area contributed by atoms with Crippen molar-refractivity contribution < 1.29 is 9.18 Å². The molecule has 1 fully saturated rings. The predicted molar refractivity (Wildman–Crippen MR) is 41.2 cm³/mol. The van der Waals surface area contributed by atoms with Crippen molar-refractivity contribution in [1.29, 1.82) is 0 Å².